The third-order valence-corrected chi connectivity index (χ3v) is 4.89. The lowest BCUT2D eigenvalue weighted by Crippen LogP contribution is -2.32. The van der Waals surface area contributed by atoms with Gasteiger partial charge in [0.25, 0.3) is 0 Å². The quantitative estimate of drug-likeness (QED) is 0.862. The number of rotatable bonds is 5. The second-order valence-electron chi connectivity index (χ2n) is 5.30. The largest absolute Gasteiger partial charge is 0.495 e. The topological polar surface area (TPSA) is 64.7 Å². The number of aliphatic hydroxyl groups is 1. The fraction of sp³-hybridized carbons (Fsp3) is 0.600. The van der Waals surface area contributed by atoms with Gasteiger partial charge in [0.15, 0.2) is 0 Å². The molecular weight excluding hydrogens is 322 g/mol. The highest BCUT2D eigenvalue weighted by atomic mass is 79.9. The Morgan fingerprint density at radius 3 is 2.15 bits per heavy atom. The number of hydrogen-bond donors (Lipinski definition) is 2. The molecule has 0 aromatic heterocycles. The summed E-state index contributed by atoms with van der Waals surface area (Å²) in [4.78, 5) is 0. The SMILES string of the molecule is COc1cc([C@H](N)[C@H](O)C2CCCC2)cc(OC)c1Br. The normalized spacial score (nSPS) is 18.9. The van der Waals surface area contributed by atoms with Gasteiger partial charge in [-0.1, -0.05) is 12.8 Å². The van der Waals surface area contributed by atoms with Gasteiger partial charge in [-0.3, -0.25) is 0 Å². The monoisotopic (exact) mass is 343 g/mol. The second kappa shape index (κ2) is 6.78. The molecule has 0 amide bonds. The molecule has 4 nitrogen and oxygen atoms in total. The Morgan fingerprint density at radius 2 is 1.70 bits per heavy atom. The van der Waals surface area contributed by atoms with E-state index in [9.17, 15) is 5.11 Å². The van der Waals surface area contributed by atoms with Gasteiger partial charge < -0.3 is 20.3 Å². The van der Waals surface area contributed by atoms with Crippen LogP contribution in [0.25, 0.3) is 0 Å². The molecule has 3 N–H and O–H groups in total. The van der Waals surface area contributed by atoms with Gasteiger partial charge in [0.1, 0.15) is 16.0 Å². The summed E-state index contributed by atoms with van der Waals surface area (Å²) in [5.41, 5.74) is 7.07. The van der Waals surface area contributed by atoms with Gasteiger partial charge in [-0.05, 0) is 52.4 Å². The molecule has 0 bridgehead atoms. The smallest absolute Gasteiger partial charge is 0.137 e. The third kappa shape index (κ3) is 3.10. The zero-order valence-electron chi connectivity index (χ0n) is 11.9. The summed E-state index contributed by atoms with van der Waals surface area (Å²) in [5, 5.41) is 10.4. The van der Waals surface area contributed by atoms with Crippen LogP contribution < -0.4 is 15.2 Å². The van der Waals surface area contributed by atoms with E-state index in [1.54, 1.807) is 14.2 Å². The van der Waals surface area contributed by atoms with Crippen molar-refractivity contribution < 1.29 is 14.6 Å². The number of methoxy groups -OCH3 is 2. The van der Waals surface area contributed by atoms with Crippen molar-refractivity contribution in [3.05, 3.63) is 22.2 Å². The van der Waals surface area contributed by atoms with Gasteiger partial charge in [-0.2, -0.15) is 0 Å². The van der Waals surface area contributed by atoms with Crippen molar-refractivity contribution in [2.75, 3.05) is 14.2 Å². The molecule has 1 aliphatic rings. The van der Waals surface area contributed by atoms with E-state index in [4.69, 9.17) is 15.2 Å². The maximum Gasteiger partial charge on any atom is 0.137 e. The number of ether oxygens (including phenoxy) is 2. The summed E-state index contributed by atoms with van der Waals surface area (Å²) >= 11 is 3.43. The number of hydrogen-bond acceptors (Lipinski definition) is 4. The first kappa shape index (κ1) is 15.6. The van der Waals surface area contributed by atoms with Gasteiger partial charge >= 0.3 is 0 Å². The number of benzene rings is 1. The standard InChI is InChI=1S/C15H22BrNO3/c1-19-11-7-10(8-12(20-2)13(11)16)14(17)15(18)9-5-3-4-6-9/h7-9,14-15,18H,3-6,17H2,1-2H3/t14-,15+/m0/s1. The Hall–Kier alpha value is -0.780. The van der Waals surface area contributed by atoms with Gasteiger partial charge in [-0.25, -0.2) is 0 Å². The van der Waals surface area contributed by atoms with Crippen molar-refractivity contribution in [3.8, 4) is 11.5 Å². The van der Waals surface area contributed by atoms with Crippen LogP contribution in [0.15, 0.2) is 16.6 Å². The lowest BCUT2D eigenvalue weighted by atomic mass is 9.91. The van der Waals surface area contributed by atoms with Crippen LogP contribution in [0.1, 0.15) is 37.3 Å². The molecule has 1 aromatic rings. The molecule has 5 heteroatoms. The number of halogens is 1. The van der Waals surface area contributed by atoms with Crippen molar-refractivity contribution in [2.24, 2.45) is 11.7 Å². The molecule has 1 fully saturated rings. The van der Waals surface area contributed by atoms with Crippen molar-refractivity contribution in [1.82, 2.24) is 0 Å². The molecule has 20 heavy (non-hydrogen) atoms. The molecule has 1 aromatic carbocycles. The van der Waals surface area contributed by atoms with E-state index in [1.807, 2.05) is 12.1 Å². The van der Waals surface area contributed by atoms with Crippen LogP contribution in [0.5, 0.6) is 11.5 Å². The van der Waals surface area contributed by atoms with E-state index in [0.29, 0.717) is 17.4 Å². The molecule has 0 spiro atoms. The summed E-state index contributed by atoms with van der Waals surface area (Å²) in [7, 11) is 3.20. The van der Waals surface area contributed by atoms with Crippen LogP contribution in [-0.4, -0.2) is 25.4 Å². The third-order valence-electron chi connectivity index (χ3n) is 4.10. The Kier molecular flexibility index (Phi) is 5.29. The molecule has 1 saturated carbocycles. The van der Waals surface area contributed by atoms with Crippen molar-refractivity contribution in [3.63, 3.8) is 0 Å². The highest BCUT2D eigenvalue weighted by Gasteiger charge is 2.29. The first-order chi connectivity index (χ1) is 9.58. The predicted molar refractivity (Wildman–Crippen MR) is 82.1 cm³/mol. The summed E-state index contributed by atoms with van der Waals surface area (Å²) < 4.78 is 11.4. The van der Waals surface area contributed by atoms with Crippen molar-refractivity contribution in [1.29, 1.82) is 0 Å². The molecule has 0 radical (unpaired) electrons. The van der Waals surface area contributed by atoms with Gasteiger partial charge in [0, 0.05) is 0 Å². The Labute approximate surface area is 128 Å². The van der Waals surface area contributed by atoms with Crippen LogP contribution in [0.4, 0.5) is 0 Å². The van der Waals surface area contributed by atoms with E-state index < -0.39 is 12.1 Å². The minimum Gasteiger partial charge on any atom is -0.495 e. The second-order valence-corrected chi connectivity index (χ2v) is 6.09. The van der Waals surface area contributed by atoms with E-state index in [1.165, 1.54) is 12.8 Å². The maximum absolute atomic E-state index is 10.4. The summed E-state index contributed by atoms with van der Waals surface area (Å²) in [5.74, 6) is 1.62. The summed E-state index contributed by atoms with van der Waals surface area (Å²) in [6.45, 7) is 0. The average molecular weight is 344 g/mol. The van der Waals surface area contributed by atoms with E-state index in [0.717, 1.165) is 22.9 Å². The van der Waals surface area contributed by atoms with Gasteiger partial charge in [-0.15, -0.1) is 0 Å². The molecule has 112 valence electrons. The Bertz CT molecular complexity index is 435. The van der Waals surface area contributed by atoms with Crippen LogP contribution in [-0.2, 0) is 0 Å². The molecule has 0 unspecified atom stereocenters. The molecule has 0 aliphatic heterocycles. The Morgan fingerprint density at radius 1 is 1.20 bits per heavy atom. The van der Waals surface area contributed by atoms with E-state index >= 15 is 0 Å². The number of aliphatic hydroxyl groups excluding tert-OH is 1. The minimum atomic E-state index is -0.520. The Balaban J connectivity index is 2.26. The van der Waals surface area contributed by atoms with Gasteiger partial charge in [0.2, 0.25) is 0 Å². The predicted octanol–water partition coefficient (Wildman–Crippen LogP) is 3.02. The van der Waals surface area contributed by atoms with Crippen LogP contribution in [0, 0.1) is 5.92 Å². The maximum atomic E-state index is 10.4. The number of nitrogens with two attached hydrogens (primary N) is 1. The minimum absolute atomic E-state index is 0.297. The zero-order chi connectivity index (χ0) is 14.7. The first-order valence-corrected chi connectivity index (χ1v) is 7.72. The molecule has 2 atom stereocenters. The molecule has 1 aliphatic carbocycles. The van der Waals surface area contributed by atoms with Crippen molar-refractivity contribution in [2.45, 2.75) is 37.8 Å². The van der Waals surface area contributed by atoms with Crippen LogP contribution in [0.3, 0.4) is 0 Å². The summed E-state index contributed by atoms with van der Waals surface area (Å²) in [6, 6.07) is 3.29. The van der Waals surface area contributed by atoms with Gasteiger partial charge in [0.05, 0.1) is 26.4 Å². The fourth-order valence-electron chi connectivity index (χ4n) is 2.87. The zero-order valence-corrected chi connectivity index (χ0v) is 13.5. The molecule has 2 rings (SSSR count). The van der Waals surface area contributed by atoms with Crippen molar-refractivity contribution >= 4 is 15.9 Å². The van der Waals surface area contributed by atoms with E-state index in [2.05, 4.69) is 15.9 Å². The average Bonchev–Trinajstić information content (AvgIpc) is 3.00. The fourth-order valence-corrected chi connectivity index (χ4v) is 3.42. The van der Waals surface area contributed by atoms with Crippen LogP contribution >= 0.6 is 15.9 Å². The lowest BCUT2D eigenvalue weighted by Gasteiger charge is -2.25. The molecule has 0 heterocycles. The first-order valence-electron chi connectivity index (χ1n) is 6.93. The molecule has 0 saturated heterocycles. The van der Waals surface area contributed by atoms with E-state index in [-0.39, 0.29) is 0 Å². The highest BCUT2D eigenvalue weighted by Crippen LogP contribution is 2.39. The van der Waals surface area contributed by atoms with Crippen LogP contribution in [0.2, 0.25) is 0 Å². The highest BCUT2D eigenvalue weighted by molar-refractivity contribution is 9.10. The molecular formula is C15H22BrNO3. The lowest BCUT2D eigenvalue weighted by molar-refractivity contribution is 0.0843. The summed E-state index contributed by atoms with van der Waals surface area (Å²) in [6.07, 6.45) is 3.95.